The third kappa shape index (κ3) is 4.01. The van der Waals surface area contributed by atoms with E-state index in [2.05, 4.69) is 0 Å². The van der Waals surface area contributed by atoms with Gasteiger partial charge in [0.15, 0.2) is 6.29 Å². The zero-order chi connectivity index (χ0) is 18.0. The molecular weight excluding hydrogens is 443 g/mol. The number of ether oxygens (including phenoxy) is 2. The topological polar surface area (TPSA) is 169 Å². The Morgan fingerprint density at radius 3 is 2.08 bits per heavy atom. The van der Waals surface area contributed by atoms with E-state index in [1.165, 1.54) is 23.0 Å². The van der Waals surface area contributed by atoms with Crippen molar-refractivity contribution in [1.29, 1.82) is 0 Å². The summed E-state index contributed by atoms with van der Waals surface area (Å²) < 4.78 is 15.9. The van der Waals surface area contributed by atoms with E-state index in [4.69, 9.17) is 17.6 Å². The lowest BCUT2D eigenvalue weighted by molar-refractivity contribution is -0.301. The fourth-order valence-electron chi connectivity index (χ4n) is 3.07. The van der Waals surface area contributed by atoms with Crippen molar-refractivity contribution in [3.05, 3.63) is 0 Å². The Hall–Kier alpha value is 0.330. The highest BCUT2D eigenvalue weighted by atomic mass is 127. The van der Waals surface area contributed by atoms with Gasteiger partial charge in [-0.25, -0.2) is 0 Å². The minimum Gasteiger partial charge on any atom is -0.396 e. The second-order valence-corrected chi connectivity index (χ2v) is 6.59. The van der Waals surface area contributed by atoms with Gasteiger partial charge in [0.05, 0.1) is 18.8 Å². The smallest absolute Gasteiger partial charge is 0.198 e. The lowest BCUT2D eigenvalue weighted by Crippen LogP contribution is -2.62. The molecule has 0 aromatic rings. The molecule has 24 heavy (non-hydrogen) atoms. The third-order valence-electron chi connectivity index (χ3n) is 4.58. The van der Waals surface area contributed by atoms with Gasteiger partial charge in [0.25, 0.3) is 0 Å². The maximum atomic E-state index is 10.2. The van der Waals surface area contributed by atoms with E-state index in [9.17, 15) is 30.6 Å². The summed E-state index contributed by atoms with van der Waals surface area (Å²) in [5.41, 5.74) is 0. The van der Waals surface area contributed by atoms with Crippen molar-refractivity contribution in [2.45, 2.75) is 61.5 Å². The maximum Gasteiger partial charge on any atom is 0.198 e. The van der Waals surface area contributed by atoms with Crippen LogP contribution in [0.1, 0.15) is 6.42 Å². The Kier molecular flexibility index (Phi) is 7.58. The quantitative estimate of drug-likeness (QED) is 0.203. The number of hydrogen-bond acceptors (Lipinski definition) is 10. The molecule has 0 aromatic carbocycles. The van der Waals surface area contributed by atoms with Gasteiger partial charge in [-0.15, -0.1) is 0 Å². The molecule has 142 valence electrons. The van der Waals surface area contributed by atoms with Crippen LogP contribution in [0.15, 0.2) is 0 Å². The van der Waals surface area contributed by atoms with Gasteiger partial charge in [-0.05, 0) is 6.42 Å². The van der Waals surface area contributed by atoms with Gasteiger partial charge in [0.1, 0.15) is 59.6 Å². The Labute approximate surface area is 152 Å². The lowest BCUT2D eigenvalue weighted by atomic mass is 9.81. The molecular formula is C13H23IO10. The molecule has 10 unspecified atom stereocenters. The van der Waals surface area contributed by atoms with Crippen LogP contribution >= 0.6 is 23.0 Å². The molecule has 2 aliphatic rings. The Morgan fingerprint density at radius 1 is 0.875 bits per heavy atom. The molecule has 1 aliphatic carbocycles. The van der Waals surface area contributed by atoms with E-state index < -0.39 is 74.3 Å². The number of rotatable bonds is 5. The van der Waals surface area contributed by atoms with E-state index in [0.29, 0.717) is 0 Å². The van der Waals surface area contributed by atoms with Crippen molar-refractivity contribution >= 4 is 23.0 Å². The zero-order valence-corrected chi connectivity index (χ0v) is 14.8. The van der Waals surface area contributed by atoms with Gasteiger partial charge >= 0.3 is 0 Å². The first kappa shape index (κ1) is 20.6. The first-order chi connectivity index (χ1) is 11.3. The molecule has 0 bridgehead atoms. The van der Waals surface area contributed by atoms with Crippen LogP contribution in [-0.4, -0.2) is 104 Å². The Morgan fingerprint density at radius 2 is 1.54 bits per heavy atom. The largest absolute Gasteiger partial charge is 0.396 e. The lowest BCUT2D eigenvalue weighted by Gasteiger charge is -2.45. The third-order valence-corrected chi connectivity index (χ3v) is 5.08. The summed E-state index contributed by atoms with van der Waals surface area (Å²) in [7, 11) is 0. The molecule has 1 aliphatic heterocycles. The van der Waals surface area contributed by atoms with E-state index >= 15 is 0 Å². The second-order valence-electron chi connectivity index (χ2n) is 6.09. The van der Waals surface area contributed by atoms with Gasteiger partial charge in [0, 0.05) is 12.5 Å². The van der Waals surface area contributed by atoms with Crippen molar-refractivity contribution in [2.24, 2.45) is 5.92 Å². The highest BCUT2D eigenvalue weighted by Gasteiger charge is 2.50. The van der Waals surface area contributed by atoms with Crippen LogP contribution in [0.4, 0.5) is 0 Å². The molecule has 0 spiro atoms. The van der Waals surface area contributed by atoms with Crippen molar-refractivity contribution < 1.29 is 48.3 Å². The minimum absolute atomic E-state index is 0.0204. The van der Waals surface area contributed by atoms with Crippen molar-refractivity contribution in [3.8, 4) is 0 Å². The summed E-state index contributed by atoms with van der Waals surface area (Å²) in [4.78, 5) is 0. The Balaban J connectivity index is 2.12. The molecule has 1 saturated carbocycles. The van der Waals surface area contributed by atoms with Gasteiger partial charge in [0.2, 0.25) is 0 Å². The van der Waals surface area contributed by atoms with E-state index in [1.54, 1.807) is 0 Å². The molecule has 1 heterocycles. The fourth-order valence-corrected chi connectivity index (χ4v) is 3.48. The highest BCUT2D eigenvalue weighted by molar-refractivity contribution is 14.1. The molecule has 0 amide bonds. The SMILES string of the molecule is OCC1CC(OC2C(OI)OC(CO)C(O)C2O)C(O)C(O)C1O. The average Bonchev–Trinajstić information content (AvgIpc) is 2.59. The van der Waals surface area contributed by atoms with Gasteiger partial charge in [-0.1, -0.05) is 0 Å². The van der Waals surface area contributed by atoms with Crippen LogP contribution in [0.2, 0.25) is 0 Å². The predicted octanol–water partition coefficient (Wildman–Crippen LogP) is -3.36. The standard InChI is InChI=1S/C13H23IO10/c14-24-13-12(11(21)9(19)6(3-16)23-13)22-5-1-4(2-15)7(17)10(20)8(5)18/h4-13,15-21H,1-3H2. The Bertz CT molecular complexity index is 397. The molecule has 7 N–H and O–H groups in total. The summed E-state index contributed by atoms with van der Waals surface area (Å²) in [6, 6.07) is 0. The summed E-state index contributed by atoms with van der Waals surface area (Å²) in [5, 5.41) is 68.3. The van der Waals surface area contributed by atoms with E-state index in [0.717, 1.165) is 0 Å². The maximum absolute atomic E-state index is 10.2. The van der Waals surface area contributed by atoms with Crippen molar-refractivity contribution in [2.75, 3.05) is 13.2 Å². The monoisotopic (exact) mass is 466 g/mol. The summed E-state index contributed by atoms with van der Waals surface area (Å²) in [6.07, 6.45) is -11.6. The van der Waals surface area contributed by atoms with Crippen LogP contribution in [-0.2, 0) is 12.5 Å². The predicted molar refractivity (Wildman–Crippen MR) is 84.7 cm³/mol. The zero-order valence-electron chi connectivity index (χ0n) is 12.6. The van der Waals surface area contributed by atoms with Crippen molar-refractivity contribution in [3.63, 3.8) is 0 Å². The molecule has 2 fully saturated rings. The van der Waals surface area contributed by atoms with Crippen LogP contribution < -0.4 is 0 Å². The van der Waals surface area contributed by atoms with Gasteiger partial charge in [-0.3, -0.25) is 3.07 Å². The average molecular weight is 466 g/mol. The normalized spacial score (nSPS) is 50.0. The van der Waals surface area contributed by atoms with E-state index in [1.807, 2.05) is 0 Å². The first-order valence-electron chi connectivity index (χ1n) is 7.56. The van der Waals surface area contributed by atoms with Gasteiger partial charge < -0.3 is 45.2 Å². The molecule has 0 radical (unpaired) electrons. The minimum atomic E-state index is -1.53. The van der Waals surface area contributed by atoms with E-state index in [-0.39, 0.29) is 6.42 Å². The molecule has 10 atom stereocenters. The molecule has 10 nitrogen and oxygen atoms in total. The van der Waals surface area contributed by atoms with Crippen LogP contribution in [0.5, 0.6) is 0 Å². The van der Waals surface area contributed by atoms with Crippen molar-refractivity contribution in [1.82, 2.24) is 0 Å². The summed E-state index contributed by atoms with van der Waals surface area (Å²) in [6.45, 7) is -0.957. The second kappa shape index (κ2) is 8.81. The molecule has 2 rings (SSSR count). The number of hydrogen-bond donors (Lipinski definition) is 7. The number of aliphatic hydroxyl groups is 7. The number of aliphatic hydroxyl groups excluding tert-OH is 7. The summed E-state index contributed by atoms with van der Waals surface area (Å²) in [5.74, 6) is -0.718. The van der Waals surface area contributed by atoms with Gasteiger partial charge in [-0.2, -0.15) is 0 Å². The van der Waals surface area contributed by atoms with Crippen LogP contribution in [0, 0.1) is 5.92 Å². The molecule has 11 heteroatoms. The first-order valence-corrected chi connectivity index (χ1v) is 8.44. The molecule has 1 saturated heterocycles. The molecule has 0 aromatic heterocycles. The fraction of sp³-hybridized carbons (Fsp3) is 1.00. The van der Waals surface area contributed by atoms with Crippen LogP contribution in [0.3, 0.4) is 0 Å². The summed E-state index contributed by atoms with van der Waals surface area (Å²) >= 11 is 1.51. The number of halogens is 1. The highest BCUT2D eigenvalue weighted by Crippen LogP contribution is 2.32. The van der Waals surface area contributed by atoms with Crippen LogP contribution in [0.25, 0.3) is 0 Å².